The van der Waals surface area contributed by atoms with Gasteiger partial charge in [0.1, 0.15) is 0 Å². The summed E-state index contributed by atoms with van der Waals surface area (Å²) >= 11 is 6.12. The van der Waals surface area contributed by atoms with Crippen LogP contribution in [-0.4, -0.2) is 47.8 Å². The van der Waals surface area contributed by atoms with E-state index < -0.39 is 11.6 Å². The quantitative estimate of drug-likeness (QED) is 0.369. The first-order valence-corrected chi connectivity index (χ1v) is 14.7. The maximum absolute atomic E-state index is 14.4. The van der Waals surface area contributed by atoms with Crippen LogP contribution in [0.3, 0.4) is 0 Å². The summed E-state index contributed by atoms with van der Waals surface area (Å²) < 4.78 is 14.4. The highest BCUT2D eigenvalue weighted by Gasteiger charge is 2.35. The molecule has 2 aromatic carbocycles. The number of benzene rings is 2. The van der Waals surface area contributed by atoms with Gasteiger partial charge in [-0.15, -0.1) is 0 Å². The van der Waals surface area contributed by atoms with Gasteiger partial charge in [-0.2, -0.15) is 0 Å². The number of ketones is 1. The number of hydrogen-bond donors (Lipinski definition) is 2. The second-order valence-electron chi connectivity index (χ2n) is 11.7. The van der Waals surface area contributed by atoms with Crippen LogP contribution >= 0.6 is 11.6 Å². The van der Waals surface area contributed by atoms with Crippen molar-refractivity contribution in [2.45, 2.75) is 70.3 Å². The van der Waals surface area contributed by atoms with Gasteiger partial charge in [0.05, 0.1) is 16.8 Å². The zero-order valence-corrected chi connectivity index (χ0v) is 23.7. The summed E-state index contributed by atoms with van der Waals surface area (Å²) in [6, 6.07) is 9.14. The van der Waals surface area contributed by atoms with E-state index in [9.17, 15) is 14.3 Å². The number of rotatable bonds is 7. The number of hydrogen-bond acceptors (Lipinski definition) is 5. The first-order chi connectivity index (χ1) is 18.7. The smallest absolute Gasteiger partial charge is 0.170 e. The molecule has 0 bridgehead atoms. The van der Waals surface area contributed by atoms with Gasteiger partial charge in [-0.3, -0.25) is 14.7 Å². The van der Waals surface area contributed by atoms with Gasteiger partial charge >= 0.3 is 0 Å². The van der Waals surface area contributed by atoms with Crippen molar-refractivity contribution >= 4 is 23.1 Å². The fraction of sp³-hybridized carbons (Fsp3) is 0.500. The maximum Gasteiger partial charge on any atom is 0.170 e. The Morgan fingerprint density at radius 3 is 2.51 bits per heavy atom. The average molecular weight is 552 g/mol. The molecular formula is C32H39ClFN3O2. The second-order valence-corrected chi connectivity index (χ2v) is 12.1. The highest BCUT2D eigenvalue weighted by atomic mass is 35.5. The van der Waals surface area contributed by atoms with E-state index in [1.807, 2.05) is 12.1 Å². The minimum atomic E-state index is -0.756. The van der Waals surface area contributed by atoms with Crippen LogP contribution in [0.2, 0.25) is 5.02 Å². The van der Waals surface area contributed by atoms with Crippen molar-refractivity contribution in [2.75, 3.05) is 20.3 Å². The molecule has 3 aliphatic rings. The highest BCUT2D eigenvalue weighted by molar-refractivity contribution is 6.32. The van der Waals surface area contributed by atoms with Crippen molar-refractivity contribution in [1.82, 2.24) is 4.90 Å². The number of nitrogens with two attached hydrogens (primary N) is 1. The molecule has 1 atom stereocenters. The van der Waals surface area contributed by atoms with Gasteiger partial charge in [0.25, 0.3) is 0 Å². The number of carbonyl (C=O) groups excluding carboxylic acids is 1. The van der Waals surface area contributed by atoms with E-state index in [2.05, 4.69) is 31.0 Å². The number of phenolic OH excluding ortho intramolecular Hbond substituents is 1. The zero-order chi connectivity index (χ0) is 27.7. The van der Waals surface area contributed by atoms with Gasteiger partial charge in [0, 0.05) is 30.3 Å². The largest absolute Gasteiger partial charge is 0.504 e. The molecule has 2 aromatic rings. The summed E-state index contributed by atoms with van der Waals surface area (Å²) in [6.45, 7) is 3.78. The molecule has 2 fully saturated rings. The van der Waals surface area contributed by atoms with E-state index in [1.54, 1.807) is 6.07 Å². The Kier molecular flexibility index (Phi) is 8.55. The molecule has 5 nitrogen and oxygen atoms in total. The van der Waals surface area contributed by atoms with E-state index in [0.717, 1.165) is 85.9 Å². The first-order valence-electron chi connectivity index (χ1n) is 14.3. The molecule has 5 rings (SSSR count). The van der Waals surface area contributed by atoms with Crippen molar-refractivity contribution in [1.29, 1.82) is 0 Å². The number of phenols is 1. The van der Waals surface area contributed by atoms with Gasteiger partial charge in [0.15, 0.2) is 17.3 Å². The van der Waals surface area contributed by atoms with Crippen LogP contribution in [-0.2, 0) is 4.79 Å². The fourth-order valence-electron chi connectivity index (χ4n) is 6.05. The number of halogens is 2. The number of aliphatic imine (C=N–C) groups is 1. The molecule has 208 valence electrons. The molecular weight excluding hydrogens is 513 g/mol. The van der Waals surface area contributed by atoms with Gasteiger partial charge in [-0.1, -0.05) is 36.7 Å². The van der Waals surface area contributed by atoms with Gasteiger partial charge in [-0.05, 0) is 105 Å². The van der Waals surface area contributed by atoms with E-state index in [4.69, 9.17) is 22.3 Å². The lowest BCUT2D eigenvalue weighted by Crippen LogP contribution is -2.33. The molecule has 3 N–H and O–H groups in total. The molecule has 0 saturated heterocycles. The van der Waals surface area contributed by atoms with Crippen LogP contribution in [0.4, 0.5) is 4.39 Å². The maximum atomic E-state index is 14.4. The van der Waals surface area contributed by atoms with Crippen LogP contribution in [0.25, 0.3) is 11.1 Å². The van der Waals surface area contributed by atoms with Crippen LogP contribution in [0, 0.1) is 17.7 Å². The van der Waals surface area contributed by atoms with E-state index in [-0.39, 0.29) is 28.7 Å². The summed E-state index contributed by atoms with van der Waals surface area (Å²) in [7, 11) is 2.06. The summed E-state index contributed by atoms with van der Waals surface area (Å²) in [5, 5.41) is 9.82. The average Bonchev–Trinajstić information content (AvgIpc) is 3.78. The molecule has 39 heavy (non-hydrogen) atoms. The van der Waals surface area contributed by atoms with Crippen molar-refractivity contribution in [2.24, 2.45) is 22.6 Å². The van der Waals surface area contributed by atoms with Crippen LogP contribution in [0.15, 0.2) is 47.0 Å². The number of carbonyl (C=O) groups is 1. The monoisotopic (exact) mass is 551 g/mol. The third-order valence-electron chi connectivity index (χ3n) is 8.62. The molecule has 0 amide bonds. The zero-order valence-electron chi connectivity index (χ0n) is 22.9. The standard InChI is InChI=1S/C32H39ClFN3O2/c1-19-4-3-5-26(31(38)21-8-9-21)30(36-24-11-6-20(7-12-24)17-37(2)18-35)27-14-22(10-13-25(19)27)23-15-28(33)32(39)29(34)16-23/h5,10,13-16,19-21,24,39H,3-4,6-9,11-12,17-18,35H2,1-2H3/b26-5+,36-30?. The Hall–Kier alpha value is -2.54. The first kappa shape index (κ1) is 28.0. The Balaban J connectivity index is 1.56. The van der Waals surface area contributed by atoms with Crippen LogP contribution in [0.5, 0.6) is 5.75 Å². The molecule has 0 spiro atoms. The van der Waals surface area contributed by atoms with E-state index in [1.165, 1.54) is 6.07 Å². The molecule has 1 unspecified atom stereocenters. The third-order valence-corrected chi connectivity index (χ3v) is 8.90. The lowest BCUT2D eigenvalue weighted by molar-refractivity contribution is -0.116. The lowest BCUT2D eigenvalue weighted by Gasteiger charge is -2.30. The highest BCUT2D eigenvalue weighted by Crippen LogP contribution is 2.39. The van der Waals surface area contributed by atoms with Crippen LogP contribution in [0.1, 0.15) is 75.3 Å². The second kappa shape index (κ2) is 11.9. The number of allylic oxidation sites excluding steroid dienone is 2. The summed E-state index contributed by atoms with van der Waals surface area (Å²) in [4.78, 5) is 21.1. The van der Waals surface area contributed by atoms with Crippen molar-refractivity contribution in [3.8, 4) is 16.9 Å². The molecule has 0 radical (unpaired) electrons. The van der Waals surface area contributed by atoms with E-state index >= 15 is 0 Å². The number of nitrogens with zero attached hydrogens (tertiary/aromatic N) is 2. The molecule has 3 aliphatic carbocycles. The molecule has 0 aliphatic heterocycles. The molecule has 0 aromatic heterocycles. The topological polar surface area (TPSA) is 78.9 Å². The normalized spacial score (nSPS) is 26.1. The summed E-state index contributed by atoms with van der Waals surface area (Å²) in [5.41, 5.74) is 10.8. The van der Waals surface area contributed by atoms with Crippen LogP contribution < -0.4 is 5.73 Å². The van der Waals surface area contributed by atoms with Gasteiger partial charge in [-0.25, -0.2) is 4.39 Å². The predicted octanol–water partition coefficient (Wildman–Crippen LogP) is 6.85. The summed E-state index contributed by atoms with van der Waals surface area (Å²) in [6.07, 6.45) is 9.94. The summed E-state index contributed by atoms with van der Waals surface area (Å²) in [5.74, 6) is -0.0996. The Morgan fingerprint density at radius 1 is 1.10 bits per heavy atom. The number of fused-ring (bicyclic) bond motifs is 1. The van der Waals surface area contributed by atoms with Gasteiger partial charge in [0.2, 0.25) is 0 Å². The minimum Gasteiger partial charge on any atom is -0.504 e. The fourth-order valence-corrected chi connectivity index (χ4v) is 6.26. The third kappa shape index (κ3) is 6.29. The van der Waals surface area contributed by atoms with Crippen molar-refractivity contribution in [3.63, 3.8) is 0 Å². The molecule has 7 heteroatoms. The number of aromatic hydroxyl groups is 1. The SMILES string of the molecule is CC1CC/C=C(/C(=O)C2CC2)C(=NC2CCC(CN(C)CN)CC2)c2cc(-c3cc(F)c(O)c(Cl)c3)ccc21. The Morgan fingerprint density at radius 2 is 1.85 bits per heavy atom. The number of Topliss-reactive ketones (excluding diaryl/α,β-unsaturated/α-hetero) is 1. The predicted molar refractivity (Wildman–Crippen MR) is 156 cm³/mol. The van der Waals surface area contributed by atoms with Crippen molar-refractivity contribution in [3.05, 3.63) is 63.9 Å². The minimum absolute atomic E-state index is 0.0273. The molecule has 2 saturated carbocycles. The molecule has 0 heterocycles. The Bertz CT molecular complexity index is 1270. The van der Waals surface area contributed by atoms with E-state index in [0.29, 0.717) is 18.2 Å². The van der Waals surface area contributed by atoms with Crippen molar-refractivity contribution < 1.29 is 14.3 Å². The lowest BCUT2D eigenvalue weighted by atomic mass is 9.81. The van der Waals surface area contributed by atoms with Gasteiger partial charge < -0.3 is 10.8 Å². The Labute approximate surface area is 235 Å².